The summed E-state index contributed by atoms with van der Waals surface area (Å²) in [6.45, 7) is 2.41. The third-order valence-electron chi connectivity index (χ3n) is 4.95. The molecular formula is C21H24O5. The lowest BCUT2D eigenvalue weighted by Gasteiger charge is -2.29. The van der Waals surface area contributed by atoms with Crippen molar-refractivity contribution in [2.24, 2.45) is 5.92 Å². The van der Waals surface area contributed by atoms with Gasteiger partial charge in [0.2, 0.25) is 0 Å². The maximum Gasteiger partial charge on any atom is 0.309 e. The highest BCUT2D eigenvalue weighted by atomic mass is 16.5. The summed E-state index contributed by atoms with van der Waals surface area (Å²) >= 11 is 0. The van der Waals surface area contributed by atoms with Crippen LogP contribution in [0.25, 0.3) is 0 Å². The molecule has 0 radical (unpaired) electrons. The number of aryl methyl sites for hydroxylation is 1. The second kappa shape index (κ2) is 7.68. The summed E-state index contributed by atoms with van der Waals surface area (Å²) in [5, 5.41) is 9.73. The van der Waals surface area contributed by atoms with Crippen LogP contribution in [-0.2, 0) is 16.0 Å². The van der Waals surface area contributed by atoms with Crippen LogP contribution in [0.5, 0.6) is 17.2 Å². The summed E-state index contributed by atoms with van der Waals surface area (Å²) in [7, 11) is 3.17. The van der Waals surface area contributed by atoms with Crippen molar-refractivity contribution in [1.29, 1.82) is 0 Å². The van der Waals surface area contributed by atoms with Crippen LogP contribution in [0.15, 0.2) is 36.4 Å². The lowest BCUT2D eigenvalue weighted by molar-refractivity contribution is -0.154. The van der Waals surface area contributed by atoms with E-state index in [2.05, 4.69) is 6.07 Å². The van der Waals surface area contributed by atoms with Gasteiger partial charge in [0, 0.05) is 5.92 Å². The fraction of sp³-hybridized carbons (Fsp3) is 0.381. The number of cyclic esters (lactones) is 1. The zero-order valence-corrected chi connectivity index (χ0v) is 15.3. The van der Waals surface area contributed by atoms with Crippen LogP contribution >= 0.6 is 0 Å². The van der Waals surface area contributed by atoms with E-state index in [0.717, 1.165) is 28.9 Å². The van der Waals surface area contributed by atoms with Gasteiger partial charge < -0.3 is 19.3 Å². The summed E-state index contributed by atoms with van der Waals surface area (Å²) in [5.74, 6) is 1.14. The molecule has 0 bridgehead atoms. The van der Waals surface area contributed by atoms with Gasteiger partial charge in [0.15, 0.2) is 11.5 Å². The number of rotatable bonds is 5. The van der Waals surface area contributed by atoms with Gasteiger partial charge in [-0.05, 0) is 54.7 Å². The van der Waals surface area contributed by atoms with Crippen LogP contribution in [-0.4, -0.2) is 31.9 Å². The molecule has 2 aromatic rings. The first-order valence-electron chi connectivity index (χ1n) is 8.69. The quantitative estimate of drug-likeness (QED) is 0.829. The Balaban J connectivity index is 1.76. The van der Waals surface area contributed by atoms with E-state index in [9.17, 15) is 9.90 Å². The van der Waals surface area contributed by atoms with Crippen LogP contribution in [0.4, 0.5) is 0 Å². The first kappa shape index (κ1) is 18.1. The Bertz CT molecular complexity index is 799. The summed E-state index contributed by atoms with van der Waals surface area (Å²) < 4.78 is 15.9. The third-order valence-corrected chi connectivity index (χ3v) is 4.95. The molecule has 1 aliphatic heterocycles. The molecule has 5 nitrogen and oxygen atoms in total. The number of aromatic hydroxyl groups is 1. The first-order chi connectivity index (χ1) is 12.5. The molecule has 2 aromatic carbocycles. The lowest BCUT2D eigenvalue weighted by Crippen LogP contribution is -2.30. The Hall–Kier alpha value is -2.69. The largest absolute Gasteiger partial charge is 0.504 e. The van der Waals surface area contributed by atoms with Crippen LogP contribution < -0.4 is 9.47 Å². The molecule has 1 N–H and O–H groups in total. The number of carbonyl (C=O) groups excluding carboxylic acids is 1. The smallest absolute Gasteiger partial charge is 0.309 e. The van der Waals surface area contributed by atoms with Gasteiger partial charge in [-0.25, -0.2) is 0 Å². The van der Waals surface area contributed by atoms with Gasteiger partial charge in [-0.3, -0.25) is 4.79 Å². The molecule has 1 saturated heterocycles. The molecule has 0 aromatic heterocycles. The molecule has 2 atom stereocenters. The molecule has 0 saturated carbocycles. The van der Waals surface area contributed by atoms with E-state index in [0.29, 0.717) is 18.8 Å². The van der Waals surface area contributed by atoms with Crippen LogP contribution in [0.2, 0.25) is 0 Å². The van der Waals surface area contributed by atoms with Crippen LogP contribution in [0.1, 0.15) is 29.0 Å². The van der Waals surface area contributed by atoms with Crippen molar-refractivity contribution in [1.82, 2.24) is 0 Å². The summed E-state index contributed by atoms with van der Waals surface area (Å²) in [4.78, 5) is 12.2. The minimum absolute atomic E-state index is 0.0917. The van der Waals surface area contributed by atoms with Gasteiger partial charge in [-0.1, -0.05) is 18.2 Å². The van der Waals surface area contributed by atoms with Gasteiger partial charge in [-0.15, -0.1) is 0 Å². The average molecular weight is 356 g/mol. The molecule has 1 unspecified atom stereocenters. The van der Waals surface area contributed by atoms with Crippen LogP contribution in [0, 0.1) is 12.8 Å². The topological polar surface area (TPSA) is 65.0 Å². The van der Waals surface area contributed by atoms with Crippen molar-refractivity contribution in [2.75, 3.05) is 20.8 Å². The molecule has 26 heavy (non-hydrogen) atoms. The SMILES string of the molecule is COc1ccc([C@H]2COC(=O)C(Cc3ccc(O)c(OC)c3)C2)cc1C. The van der Waals surface area contributed by atoms with Gasteiger partial charge in [0.05, 0.1) is 26.7 Å². The van der Waals surface area contributed by atoms with Gasteiger partial charge >= 0.3 is 5.97 Å². The number of phenols is 1. The van der Waals surface area contributed by atoms with Crippen molar-refractivity contribution in [2.45, 2.75) is 25.7 Å². The number of hydrogen-bond acceptors (Lipinski definition) is 5. The number of esters is 1. The molecule has 0 amide bonds. The summed E-state index contributed by atoms with van der Waals surface area (Å²) in [6, 6.07) is 11.3. The maximum absolute atomic E-state index is 12.2. The monoisotopic (exact) mass is 356 g/mol. The number of hydrogen-bond donors (Lipinski definition) is 1. The highest BCUT2D eigenvalue weighted by Gasteiger charge is 2.31. The van der Waals surface area contributed by atoms with E-state index < -0.39 is 0 Å². The fourth-order valence-electron chi connectivity index (χ4n) is 3.50. The predicted molar refractivity (Wildman–Crippen MR) is 97.9 cm³/mol. The molecule has 138 valence electrons. The van der Waals surface area contributed by atoms with Crippen LogP contribution in [0.3, 0.4) is 0 Å². The minimum atomic E-state index is -0.217. The van der Waals surface area contributed by atoms with E-state index in [4.69, 9.17) is 14.2 Å². The fourth-order valence-corrected chi connectivity index (χ4v) is 3.50. The first-order valence-corrected chi connectivity index (χ1v) is 8.69. The number of ether oxygens (including phenoxy) is 3. The normalized spacial score (nSPS) is 19.7. The number of methoxy groups -OCH3 is 2. The van der Waals surface area contributed by atoms with Gasteiger partial charge in [0.25, 0.3) is 0 Å². The van der Waals surface area contributed by atoms with Crippen molar-refractivity contribution >= 4 is 5.97 Å². The summed E-state index contributed by atoms with van der Waals surface area (Å²) in [6.07, 6.45) is 1.29. The molecule has 3 rings (SSSR count). The summed E-state index contributed by atoms with van der Waals surface area (Å²) in [5.41, 5.74) is 3.17. The highest BCUT2D eigenvalue weighted by Crippen LogP contribution is 2.34. The van der Waals surface area contributed by atoms with Crippen molar-refractivity contribution in [3.63, 3.8) is 0 Å². The van der Waals surface area contributed by atoms with Gasteiger partial charge in [0.1, 0.15) is 5.75 Å². The Morgan fingerprint density at radius 2 is 1.88 bits per heavy atom. The number of carbonyl (C=O) groups is 1. The Labute approximate surface area is 153 Å². The molecule has 5 heteroatoms. The van der Waals surface area contributed by atoms with Crippen molar-refractivity contribution < 1.29 is 24.1 Å². The van der Waals surface area contributed by atoms with Gasteiger partial charge in [-0.2, -0.15) is 0 Å². The van der Waals surface area contributed by atoms with E-state index >= 15 is 0 Å². The van der Waals surface area contributed by atoms with Crippen molar-refractivity contribution in [3.05, 3.63) is 53.1 Å². The predicted octanol–water partition coefficient (Wildman–Crippen LogP) is 3.61. The standard InChI is InChI=1S/C21H24O5/c1-13-8-15(5-7-19(13)24-2)17-11-16(21(23)26-12-17)9-14-4-6-18(22)20(10-14)25-3/h4-8,10,16-17,22H,9,11-12H2,1-3H3/t16?,17-/m1/s1. The Morgan fingerprint density at radius 1 is 1.12 bits per heavy atom. The van der Waals surface area contributed by atoms with E-state index in [1.807, 2.05) is 25.1 Å². The Kier molecular flexibility index (Phi) is 5.35. The minimum Gasteiger partial charge on any atom is -0.504 e. The van der Waals surface area contributed by atoms with Crippen molar-refractivity contribution in [3.8, 4) is 17.2 Å². The third kappa shape index (κ3) is 3.77. The van der Waals surface area contributed by atoms with E-state index in [1.54, 1.807) is 19.2 Å². The molecular weight excluding hydrogens is 332 g/mol. The number of phenolic OH excluding ortho intramolecular Hbond substituents is 1. The van der Waals surface area contributed by atoms with E-state index in [-0.39, 0.29) is 23.6 Å². The molecule has 1 aliphatic rings. The van der Waals surface area contributed by atoms with E-state index in [1.165, 1.54) is 7.11 Å². The molecule has 0 aliphatic carbocycles. The average Bonchev–Trinajstić information content (AvgIpc) is 2.65. The second-order valence-electron chi connectivity index (χ2n) is 6.70. The lowest BCUT2D eigenvalue weighted by atomic mass is 9.83. The Morgan fingerprint density at radius 3 is 2.58 bits per heavy atom. The molecule has 0 spiro atoms. The maximum atomic E-state index is 12.2. The zero-order valence-electron chi connectivity index (χ0n) is 15.3. The zero-order chi connectivity index (χ0) is 18.7. The second-order valence-corrected chi connectivity index (χ2v) is 6.70. The molecule has 1 fully saturated rings. The number of benzene rings is 2. The highest BCUT2D eigenvalue weighted by molar-refractivity contribution is 5.74. The molecule has 1 heterocycles.